The van der Waals surface area contributed by atoms with Gasteiger partial charge in [-0.3, -0.25) is 9.69 Å². The maximum Gasteiger partial charge on any atom is 0.240 e. The van der Waals surface area contributed by atoms with Crippen LogP contribution in [0.5, 0.6) is 0 Å². The van der Waals surface area contributed by atoms with Crippen molar-refractivity contribution in [3.05, 3.63) is 11.7 Å². The van der Waals surface area contributed by atoms with Gasteiger partial charge in [0.05, 0.1) is 18.6 Å². The van der Waals surface area contributed by atoms with E-state index in [1.165, 1.54) is 0 Å². The molecule has 1 aromatic heterocycles. The fourth-order valence-electron chi connectivity index (χ4n) is 3.65. The molecule has 1 amide bonds. The number of piperidine rings is 1. The van der Waals surface area contributed by atoms with E-state index in [1.54, 1.807) is 0 Å². The second-order valence-electron chi connectivity index (χ2n) is 6.32. The number of likely N-dealkylation sites (tertiary alicyclic amines) is 2. The minimum atomic E-state index is -0.277. The number of carbonyl (C=O) groups is 1. The molecule has 0 aromatic carbocycles. The lowest BCUT2D eigenvalue weighted by atomic mass is 9.78. The number of nitrogens with zero attached hydrogens (tertiary/aromatic N) is 4. The lowest BCUT2D eigenvalue weighted by Crippen LogP contribution is -2.50. The molecule has 0 aliphatic carbocycles. The number of hydrogen-bond donors (Lipinski definition) is 1. The number of aliphatic hydroxyl groups excluding tert-OH is 1. The highest BCUT2D eigenvalue weighted by Crippen LogP contribution is 2.40. The second-order valence-corrected chi connectivity index (χ2v) is 6.32. The second kappa shape index (κ2) is 6.34. The van der Waals surface area contributed by atoms with Crippen molar-refractivity contribution in [3.8, 4) is 0 Å². The molecule has 3 heterocycles. The molecular formula is C15H24N4O3. The molecule has 1 spiro atoms. The number of amides is 1. The summed E-state index contributed by atoms with van der Waals surface area (Å²) in [5.74, 6) is 1.56. The van der Waals surface area contributed by atoms with Crippen LogP contribution in [0.25, 0.3) is 0 Å². The molecule has 2 aliphatic rings. The van der Waals surface area contributed by atoms with Crippen LogP contribution in [0.15, 0.2) is 4.52 Å². The van der Waals surface area contributed by atoms with Gasteiger partial charge in [0.25, 0.3) is 0 Å². The zero-order valence-electron chi connectivity index (χ0n) is 13.1. The molecule has 1 aromatic rings. The lowest BCUT2D eigenvalue weighted by Gasteiger charge is -2.39. The summed E-state index contributed by atoms with van der Waals surface area (Å²) in [6.07, 6.45) is 3.60. The van der Waals surface area contributed by atoms with Gasteiger partial charge >= 0.3 is 0 Å². The van der Waals surface area contributed by atoms with E-state index in [9.17, 15) is 4.79 Å². The Bertz CT molecular complexity index is 531. The van der Waals surface area contributed by atoms with Crippen molar-refractivity contribution in [1.29, 1.82) is 0 Å². The van der Waals surface area contributed by atoms with Gasteiger partial charge in [0, 0.05) is 26.1 Å². The Balaban J connectivity index is 1.64. The van der Waals surface area contributed by atoms with Crippen molar-refractivity contribution < 1.29 is 14.4 Å². The average Bonchev–Trinajstić information content (AvgIpc) is 3.13. The highest BCUT2D eigenvalue weighted by atomic mass is 16.5. The third kappa shape index (κ3) is 2.87. The summed E-state index contributed by atoms with van der Waals surface area (Å²) in [6.45, 7) is 5.49. The fraction of sp³-hybridized carbons (Fsp3) is 0.800. The molecule has 7 nitrogen and oxygen atoms in total. The highest BCUT2D eigenvalue weighted by molar-refractivity contribution is 5.84. The Morgan fingerprint density at radius 1 is 1.36 bits per heavy atom. The van der Waals surface area contributed by atoms with Crippen molar-refractivity contribution in [2.75, 3.05) is 32.8 Å². The number of rotatable bonds is 5. The van der Waals surface area contributed by atoms with Gasteiger partial charge in [0.2, 0.25) is 11.8 Å². The first kappa shape index (κ1) is 15.4. The fourth-order valence-corrected chi connectivity index (χ4v) is 3.65. The first-order valence-corrected chi connectivity index (χ1v) is 8.11. The molecule has 2 fully saturated rings. The van der Waals surface area contributed by atoms with Gasteiger partial charge in [0.1, 0.15) is 0 Å². The van der Waals surface area contributed by atoms with Crippen LogP contribution in [0.3, 0.4) is 0 Å². The van der Waals surface area contributed by atoms with Crippen molar-refractivity contribution in [3.63, 3.8) is 0 Å². The monoisotopic (exact) mass is 308 g/mol. The van der Waals surface area contributed by atoms with Gasteiger partial charge in [-0.15, -0.1) is 0 Å². The lowest BCUT2D eigenvalue weighted by molar-refractivity contribution is -0.146. The molecule has 1 unspecified atom stereocenters. The summed E-state index contributed by atoms with van der Waals surface area (Å²) in [5, 5.41) is 13.0. The van der Waals surface area contributed by atoms with Crippen LogP contribution in [0, 0.1) is 5.41 Å². The summed E-state index contributed by atoms with van der Waals surface area (Å²) in [6, 6.07) is 0. The SMILES string of the molecule is CCc1noc(CN2CCC3(CCCN(CCO)C3=O)C2)n1. The predicted octanol–water partition coefficient (Wildman–Crippen LogP) is 0.439. The van der Waals surface area contributed by atoms with Gasteiger partial charge in [0.15, 0.2) is 5.82 Å². The van der Waals surface area contributed by atoms with Gasteiger partial charge in [-0.05, 0) is 25.8 Å². The molecule has 22 heavy (non-hydrogen) atoms. The number of hydrogen-bond acceptors (Lipinski definition) is 6. The Morgan fingerprint density at radius 2 is 2.23 bits per heavy atom. The van der Waals surface area contributed by atoms with Crippen LogP contribution in [0.1, 0.15) is 37.9 Å². The van der Waals surface area contributed by atoms with E-state index in [1.807, 2.05) is 11.8 Å². The molecule has 1 atom stereocenters. The van der Waals surface area contributed by atoms with E-state index < -0.39 is 0 Å². The minimum absolute atomic E-state index is 0.0350. The highest BCUT2D eigenvalue weighted by Gasteiger charge is 2.48. The summed E-state index contributed by atoms with van der Waals surface area (Å²) >= 11 is 0. The topological polar surface area (TPSA) is 82.7 Å². The normalized spacial score (nSPS) is 26.3. The van der Waals surface area contributed by atoms with Crippen LogP contribution in [-0.4, -0.2) is 63.7 Å². The Hall–Kier alpha value is -1.47. The van der Waals surface area contributed by atoms with E-state index in [0.717, 1.165) is 51.1 Å². The Kier molecular flexibility index (Phi) is 4.44. The van der Waals surface area contributed by atoms with Crippen molar-refractivity contribution in [1.82, 2.24) is 19.9 Å². The minimum Gasteiger partial charge on any atom is -0.395 e. The Labute approximate surface area is 130 Å². The van der Waals surface area contributed by atoms with Crippen LogP contribution < -0.4 is 0 Å². The van der Waals surface area contributed by atoms with Crippen LogP contribution >= 0.6 is 0 Å². The molecule has 0 saturated carbocycles. The quantitative estimate of drug-likeness (QED) is 0.850. The molecule has 1 N–H and O–H groups in total. The number of aryl methyl sites for hydroxylation is 1. The summed E-state index contributed by atoms with van der Waals surface area (Å²) in [7, 11) is 0. The van der Waals surface area contributed by atoms with Crippen molar-refractivity contribution >= 4 is 5.91 Å². The smallest absolute Gasteiger partial charge is 0.240 e. The molecule has 0 bridgehead atoms. The molecule has 7 heteroatoms. The third-order valence-corrected chi connectivity index (χ3v) is 4.81. The predicted molar refractivity (Wildman–Crippen MR) is 78.9 cm³/mol. The number of carbonyl (C=O) groups excluding carboxylic acids is 1. The van der Waals surface area contributed by atoms with Crippen LogP contribution in [0.4, 0.5) is 0 Å². The zero-order valence-corrected chi connectivity index (χ0v) is 13.1. The first-order chi connectivity index (χ1) is 10.7. The van der Waals surface area contributed by atoms with E-state index >= 15 is 0 Å². The van der Waals surface area contributed by atoms with Crippen LogP contribution in [-0.2, 0) is 17.8 Å². The van der Waals surface area contributed by atoms with E-state index in [-0.39, 0.29) is 17.9 Å². The summed E-state index contributed by atoms with van der Waals surface area (Å²) in [5.41, 5.74) is -0.277. The molecule has 3 rings (SSSR count). The molecule has 2 aliphatic heterocycles. The molecule has 122 valence electrons. The third-order valence-electron chi connectivity index (χ3n) is 4.81. The zero-order chi connectivity index (χ0) is 15.6. The molecule has 2 saturated heterocycles. The largest absolute Gasteiger partial charge is 0.395 e. The number of aliphatic hydroxyl groups is 1. The van der Waals surface area contributed by atoms with Gasteiger partial charge < -0.3 is 14.5 Å². The Morgan fingerprint density at radius 3 is 2.95 bits per heavy atom. The average molecular weight is 308 g/mol. The van der Waals surface area contributed by atoms with Crippen LogP contribution in [0.2, 0.25) is 0 Å². The van der Waals surface area contributed by atoms with E-state index in [2.05, 4.69) is 15.0 Å². The maximum atomic E-state index is 12.7. The van der Waals surface area contributed by atoms with E-state index in [4.69, 9.17) is 9.63 Å². The van der Waals surface area contributed by atoms with Gasteiger partial charge in [-0.2, -0.15) is 4.98 Å². The van der Waals surface area contributed by atoms with Gasteiger partial charge in [-0.1, -0.05) is 12.1 Å². The summed E-state index contributed by atoms with van der Waals surface area (Å²) in [4.78, 5) is 21.1. The maximum absolute atomic E-state index is 12.7. The first-order valence-electron chi connectivity index (χ1n) is 8.11. The van der Waals surface area contributed by atoms with Gasteiger partial charge in [-0.25, -0.2) is 0 Å². The van der Waals surface area contributed by atoms with E-state index in [0.29, 0.717) is 19.0 Å². The summed E-state index contributed by atoms with van der Waals surface area (Å²) < 4.78 is 5.25. The number of β-amino-alcohol motifs (C(OH)–C–C–N with tert-alkyl or cyclic N) is 1. The molecule has 0 radical (unpaired) electrons. The van der Waals surface area contributed by atoms with Crippen molar-refractivity contribution in [2.24, 2.45) is 5.41 Å². The van der Waals surface area contributed by atoms with Crippen molar-refractivity contribution in [2.45, 2.75) is 39.2 Å². The standard InChI is InChI=1S/C15H24N4O3/c1-2-12-16-13(22-17-12)10-18-7-5-15(11-18)4-3-6-19(8-9-20)14(15)21/h20H,2-11H2,1H3. The number of aromatic nitrogens is 2. The molecular weight excluding hydrogens is 284 g/mol.